The molecule has 0 aromatic heterocycles. The van der Waals surface area contributed by atoms with Gasteiger partial charge in [0.1, 0.15) is 6.10 Å². The lowest BCUT2D eigenvalue weighted by atomic mass is 9.95. The van der Waals surface area contributed by atoms with Gasteiger partial charge in [0.2, 0.25) is 0 Å². The van der Waals surface area contributed by atoms with Crippen LogP contribution in [0.1, 0.15) is 48.0 Å². The van der Waals surface area contributed by atoms with Crippen LogP contribution in [0.2, 0.25) is 0 Å². The van der Waals surface area contributed by atoms with Gasteiger partial charge < -0.3 is 4.74 Å². The van der Waals surface area contributed by atoms with E-state index in [9.17, 15) is 0 Å². The summed E-state index contributed by atoms with van der Waals surface area (Å²) in [6, 6.07) is 0.319. The molecule has 1 heterocycles. The summed E-state index contributed by atoms with van der Waals surface area (Å²) in [5, 5.41) is 0. The molecular weight excluding hydrogens is 186 g/mol. The smallest absolute Gasteiger partial charge is 0.184 e. The largest absolute Gasteiger partial charge is 0.476 e. The summed E-state index contributed by atoms with van der Waals surface area (Å²) in [5.74, 6) is 1.47. The number of ether oxygens (including phenoxy) is 1. The zero-order chi connectivity index (χ0) is 11.6. The molecule has 0 N–H and O–H groups in total. The van der Waals surface area contributed by atoms with E-state index in [4.69, 9.17) is 4.74 Å². The maximum atomic E-state index is 5.70. The van der Waals surface area contributed by atoms with Gasteiger partial charge in [-0.3, -0.25) is 0 Å². The standard InChI is InChI=1S/C13H23NO/c1-8(2)10(4)9(3)7-13-14-11(5)12(6)15-13/h9,11-12H,7H2,1-6H3/t9-,11?,12?/m1/s1. The van der Waals surface area contributed by atoms with Crippen molar-refractivity contribution in [3.8, 4) is 0 Å². The second kappa shape index (κ2) is 4.82. The predicted molar refractivity (Wildman–Crippen MR) is 65.3 cm³/mol. The molecule has 0 bridgehead atoms. The van der Waals surface area contributed by atoms with E-state index in [1.807, 2.05) is 0 Å². The number of hydrogen-bond acceptors (Lipinski definition) is 2. The lowest BCUT2D eigenvalue weighted by Crippen LogP contribution is -2.15. The normalized spacial score (nSPS) is 26.9. The van der Waals surface area contributed by atoms with Crippen LogP contribution in [0.15, 0.2) is 16.1 Å². The van der Waals surface area contributed by atoms with Gasteiger partial charge in [-0.15, -0.1) is 0 Å². The van der Waals surface area contributed by atoms with Gasteiger partial charge >= 0.3 is 0 Å². The molecule has 1 aliphatic rings. The first-order valence-corrected chi connectivity index (χ1v) is 5.79. The van der Waals surface area contributed by atoms with Crippen LogP contribution in [0, 0.1) is 5.92 Å². The van der Waals surface area contributed by atoms with Crippen molar-refractivity contribution in [3.63, 3.8) is 0 Å². The van der Waals surface area contributed by atoms with Crippen molar-refractivity contribution in [2.75, 3.05) is 0 Å². The van der Waals surface area contributed by atoms with Gasteiger partial charge in [-0.05, 0) is 40.5 Å². The van der Waals surface area contributed by atoms with Crippen molar-refractivity contribution in [2.24, 2.45) is 10.9 Å². The van der Waals surface area contributed by atoms with Gasteiger partial charge in [0, 0.05) is 6.42 Å². The van der Waals surface area contributed by atoms with Gasteiger partial charge in [-0.2, -0.15) is 0 Å². The first-order valence-electron chi connectivity index (χ1n) is 5.79. The lowest BCUT2D eigenvalue weighted by Gasteiger charge is -2.14. The first-order chi connectivity index (χ1) is 6.91. The highest BCUT2D eigenvalue weighted by Gasteiger charge is 2.24. The molecule has 0 radical (unpaired) electrons. The van der Waals surface area contributed by atoms with E-state index >= 15 is 0 Å². The molecule has 3 atom stereocenters. The van der Waals surface area contributed by atoms with Crippen molar-refractivity contribution < 1.29 is 4.74 Å². The quantitative estimate of drug-likeness (QED) is 0.651. The molecule has 0 aliphatic carbocycles. The Bertz CT molecular complexity index is 287. The Morgan fingerprint density at radius 3 is 2.33 bits per heavy atom. The Morgan fingerprint density at radius 1 is 1.33 bits per heavy atom. The maximum Gasteiger partial charge on any atom is 0.184 e. The molecule has 86 valence electrons. The van der Waals surface area contributed by atoms with Crippen LogP contribution < -0.4 is 0 Å². The Kier molecular flexibility index (Phi) is 3.95. The van der Waals surface area contributed by atoms with Crippen LogP contribution in [0.4, 0.5) is 0 Å². The fourth-order valence-electron chi connectivity index (χ4n) is 1.68. The van der Waals surface area contributed by atoms with Gasteiger partial charge in [-0.25, -0.2) is 4.99 Å². The van der Waals surface area contributed by atoms with Crippen molar-refractivity contribution in [3.05, 3.63) is 11.1 Å². The minimum atomic E-state index is 0.249. The molecule has 0 aromatic carbocycles. The van der Waals surface area contributed by atoms with Crippen molar-refractivity contribution in [2.45, 2.75) is 60.1 Å². The Morgan fingerprint density at radius 2 is 1.93 bits per heavy atom. The third kappa shape index (κ3) is 3.08. The highest BCUT2D eigenvalue weighted by molar-refractivity contribution is 5.78. The highest BCUT2D eigenvalue weighted by atomic mass is 16.5. The number of allylic oxidation sites excluding steroid dienone is 2. The monoisotopic (exact) mass is 209 g/mol. The van der Waals surface area contributed by atoms with Crippen molar-refractivity contribution in [1.29, 1.82) is 0 Å². The molecule has 1 aliphatic heterocycles. The average Bonchev–Trinajstić information content (AvgIpc) is 2.44. The van der Waals surface area contributed by atoms with Crippen LogP contribution in [-0.2, 0) is 4.74 Å². The topological polar surface area (TPSA) is 21.6 Å². The van der Waals surface area contributed by atoms with Crippen LogP contribution in [-0.4, -0.2) is 18.0 Å². The van der Waals surface area contributed by atoms with Crippen molar-refractivity contribution >= 4 is 5.90 Å². The molecule has 15 heavy (non-hydrogen) atoms. The summed E-state index contributed by atoms with van der Waals surface area (Å²) in [5.41, 5.74) is 2.86. The Balaban J connectivity index is 2.57. The van der Waals surface area contributed by atoms with Crippen LogP contribution in [0.5, 0.6) is 0 Å². The third-order valence-corrected chi connectivity index (χ3v) is 3.36. The van der Waals surface area contributed by atoms with E-state index in [2.05, 4.69) is 46.5 Å². The highest BCUT2D eigenvalue weighted by Crippen LogP contribution is 2.22. The second-order valence-electron chi connectivity index (χ2n) is 4.87. The Hall–Kier alpha value is -0.790. The third-order valence-electron chi connectivity index (χ3n) is 3.36. The molecular formula is C13H23NO. The van der Waals surface area contributed by atoms with E-state index < -0.39 is 0 Å². The fourth-order valence-corrected chi connectivity index (χ4v) is 1.68. The molecule has 2 heteroatoms. The number of nitrogens with zero attached hydrogens (tertiary/aromatic N) is 1. The Labute approximate surface area is 93.4 Å². The van der Waals surface area contributed by atoms with Gasteiger partial charge in [-0.1, -0.05) is 18.1 Å². The number of aliphatic imine (C=N–C) groups is 1. The SMILES string of the molecule is CC(C)=C(C)[C@H](C)CC1=NC(C)C(C)O1. The average molecular weight is 209 g/mol. The fraction of sp³-hybridized carbons (Fsp3) is 0.769. The van der Waals surface area contributed by atoms with E-state index in [0.29, 0.717) is 12.0 Å². The maximum absolute atomic E-state index is 5.70. The molecule has 0 saturated heterocycles. The number of hydrogen-bond donors (Lipinski definition) is 0. The first kappa shape index (κ1) is 12.3. The lowest BCUT2D eigenvalue weighted by molar-refractivity contribution is 0.211. The summed E-state index contributed by atoms with van der Waals surface area (Å²) in [6.45, 7) is 12.9. The second-order valence-corrected chi connectivity index (χ2v) is 4.87. The van der Waals surface area contributed by atoms with Gasteiger partial charge in [0.25, 0.3) is 0 Å². The van der Waals surface area contributed by atoms with E-state index in [-0.39, 0.29) is 6.10 Å². The predicted octanol–water partition coefficient (Wildman–Crippen LogP) is 3.57. The minimum absolute atomic E-state index is 0.249. The van der Waals surface area contributed by atoms with E-state index in [1.54, 1.807) is 0 Å². The summed E-state index contributed by atoms with van der Waals surface area (Å²) in [4.78, 5) is 4.52. The van der Waals surface area contributed by atoms with Crippen LogP contribution >= 0.6 is 0 Å². The van der Waals surface area contributed by atoms with Crippen LogP contribution in [0.25, 0.3) is 0 Å². The summed E-state index contributed by atoms with van der Waals surface area (Å²) in [7, 11) is 0. The molecule has 1 rings (SSSR count). The van der Waals surface area contributed by atoms with E-state index in [0.717, 1.165) is 12.3 Å². The van der Waals surface area contributed by atoms with Crippen LogP contribution in [0.3, 0.4) is 0 Å². The zero-order valence-electron chi connectivity index (χ0n) is 10.8. The minimum Gasteiger partial charge on any atom is -0.476 e. The zero-order valence-corrected chi connectivity index (χ0v) is 10.8. The number of rotatable bonds is 3. The molecule has 2 nitrogen and oxygen atoms in total. The van der Waals surface area contributed by atoms with Crippen molar-refractivity contribution in [1.82, 2.24) is 0 Å². The molecule has 0 aromatic rings. The molecule has 2 unspecified atom stereocenters. The molecule has 0 saturated carbocycles. The summed E-state index contributed by atoms with van der Waals surface area (Å²) in [6.07, 6.45) is 1.19. The molecule has 0 fully saturated rings. The van der Waals surface area contributed by atoms with E-state index in [1.165, 1.54) is 11.1 Å². The van der Waals surface area contributed by atoms with Gasteiger partial charge in [0.05, 0.1) is 6.04 Å². The molecule has 0 amide bonds. The molecule has 0 spiro atoms. The van der Waals surface area contributed by atoms with Gasteiger partial charge in [0.15, 0.2) is 5.90 Å². The summed E-state index contributed by atoms with van der Waals surface area (Å²) < 4.78 is 5.70. The summed E-state index contributed by atoms with van der Waals surface area (Å²) >= 11 is 0.